The number of rotatable bonds is 4. The second kappa shape index (κ2) is 5.84. The standard InChI is InChI=1S/C10H13BrClNO3/c1-13-4-8(14)10(16)6-2-5(12)3-7(11)9(6)15/h2-3,8,10,13-16H,4H2,1H3. The van der Waals surface area contributed by atoms with Gasteiger partial charge in [0.15, 0.2) is 0 Å². The van der Waals surface area contributed by atoms with Gasteiger partial charge >= 0.3 is 0 Å². The Morgan fingerprint density at radius 3 is 2.62 bits per heavy atom. The van der Waals surface area contributed by atoms with Crippen LogP contribution >= 0.6 is 27.5 Å². The van der Waals surface area contributed by atoms with E-state index in [1.165, 1.54) is 12.1 Å². The molecular formula is C10H13BrClNO3. The molecule has 0 saturated heterocycles. The molecule has 16 heavy (non-hydrogen) atoms. The first-order valence-electron chi connectivity index (χ1n) is 4.66. The summed E-state index contributed by atoms with van der Waals surface area (Å²) in [4.78, 5) is 0. The van der Waals surface area contributed by atoms with Gasteiger partial charge in [-0.1, -0.05) is 11.6 Å². The lowest BCUT2D eigenvalue weighted by atomic mass is 10.0. The summed E-state index contributed by atoms with van der Waals surface area (Å²) < 4.78 is 0.380. The first-order chi connectivity index (χ1) is 7.47. The highest BCUT2D eigenvalue weighted by Crippen LogP contribution is 2.36. The third-order valence-corrected chi connectivity index (χ3v) is 2.98. The van der Waals surface area contributed by atoms with Gasteiger partial charge in [0.1, 0.15) is 11.9 Å². The van der Waals surface area contributed by atoms with Gasteiger partial charge in [0.05, 0.1) is 10.6 Å². The van der Waals surface area contributed by atoms with Crippen molar-refractivity contribution in [3.05, 3.63) is 27.2 Å². The molecule has 0 spiro atoms. The highest BCUT2D eigenvalue weighted by atomic mass is 79.9. The van der Waals surface area contributed by atoms with Gasteiger partial charge in [0.25, 0.3) is 0 Å². The highest BCUT2D eigenvalue weighted by Gasteiger charge is 2.22. The third kappa shape index (κ3) is 3.09. The zero-order valence-electron chi connectivity index (χ0n) is 8.61. The molecule has 4 N–H and O–H groups in total. The summed E-state index contributed by atoms with van der Waals surface area (Å²) in [6, 6.07) is 2.93. The Labute approximate surface area is 107 Å². The van der Waals surface area contributed by atoms with Crippen LogP contribution in [0.1, 0.15) is 11.7 Å². The lowest BCUT2D eigenvalue weighted by molar-refractivity contribution is 0.0188. The quantitative estimate of drug-likeness (QED) is 0.679. The van der Waals surface area contributed by atoms with E-state index >= 15 is 0 Å². The van der Waals surface area contributed by atoms with Crippen molar-refractivity contribution in [2.24, 2.45) is 0 Å². The maximum atomic E-state index is 9.82. The second-order valence-electron chi connectivity index (χ2n) is 3.40. The number of benzene rings is 1. The van der Waals surface area contributed by atoms with Crippen LogP contribution in [0, 0.1) is 0 Å². The molecule has 0 radical (unpaired) electrons. The van der Waals surface area contributed by atoms with Crippen LogP contribution in [0.3, 0.4) is 0 Å². The van der Waals surface area contributed by atoms with Gasteiger partial charge in [-0.05, 0) is 35.1 Å². The molecule has 0 bridgehead atoms. The Hall–Kier alpha value is -0.330. The molecule has 0 aliphatic rings. The largest absolute Gasteiger partial charge is 0.506 e. The lowest BCUT2D eigenvalue weighted by Gasteiger charge is -2.19. The van der Waals surface area contributed by atoms with Crippen LogP contribution in [0.25, 0.3) is 0 Å². The van der Waals surface area contributed by atoms with Crippen molar-refractivity contribution in [1.29, 1.82) is 0 Å². The maximum absolute atomic E-state index is 9.82. The first-order valence-corrected chi connectivity index (χ1v) is 5.83. The van der Waals surface area contributed by atoms with Crippen LogP contribution in [-0.4, -0.2) is 35.0 Å². The van der Waals surface area contributed by atoms with E-state index in [0.717, 1.165) is 0 Å². The average molecular weight is 311 g/mol. The molecule has 0 aromatic heterocycles. The van der Waals surface area contributed by atoms with Gasteiger partial charge in [-0.3, -0.25) is 0 Å². The van der Waals surface area contributed by atoms with Crippen LogP contribution in [0.15, 0.2) is 16.6 Å². The maximum Gasteiger partial charge on any atom is 0.135 e. The summed E-state index contributed by atoms with van der Waals surface area (Å²) in [5, 5.41) is 32.2. The summed E-state index contributed by atoms with van der Waals surface area (Å²) in [6.07, 6.45) is -2.20. The molecule has 1 aromatic carbocycles. The number of phenols is 1. The number of phenolic OH excluding ortho intramolecular Hbond substituents is 1. The van der Waals surface area contributed by atoms with E-state index in [-0.39, 0.29) is 17.9 Å². The number of hydrogen-bond acceptors (Lipinski definition) is 4. The topological polar surface area (TPSA) is 72.7 Å². The van der Waals surface area contributed by atoms with E-state index in [1.807, 2.05) is 0 Å². The summed E-state index contributed by atoms with van der Waals surface area (Å²) >= 11 is 8.91. The molecule has 90 valence electrons. The van der Waals surface area contributed by atoms with Crippen LogP contribution in [-0.2, 0) is 0 Å². The zero-order chi connectivity index (χ0) is 12.3. The molecule has 0 heterocycles. The van der Waals surface area contributed by atoms with Crippen molar-refractivity contribution in [3.63, 3.8) is 0 Å². The summed E-state index contributed by atoms with van der Waals surface area (Å²) in [6.45, 7) is 0.213. The van der Waals surface area contributed by atoms with Crippen LogP contribution in [0.5, 0.6) is 5.75 Å². The van der Waals surface area contributed by atoms with E-state index in [2.05, 4.69) is 21.2 Å². The Kier molecular flexibility index (Phi) is 5.01. The predicted molar refractivity (Wildman–Crippen MR) is 65.7 cm³/mol. The predicted octanol–water partition coefficient (Wildman–Crippen LogP) is 1.42. The van der Waals surface area contributed by atoms with Gasteiger partial charge in [-0.15, -0.1) is 0 Å². The Morgan fingerprint density at radius 1 is 1.44 bits per heavy atom. The molecule has 0 aliphatic carbocycles. The minimum atomic E-state index is -1.19. The fourth-order valence-corrected chi connectivity index (χ4v) is 2.17. The Bertz CT molecular complexity index is 375. The fraction of sp³-hybridized carbons (Fsp3) is 0.400. The number of aliphatic hydroxyl groups excluding tert-OH is 2. The summed E-state index contributed by atoms with van der Waals surface area (Å²) in [7, 11) is 1.66. The average Bonchev–Trinajstić information content (AvgIpc) is 2.22. The van der Waals surface area contributed by atoms with Gasteiger partial charge < -0.3 is 20.6 Å². The number of halogens is 2. The smallest absolute Gasteiger partial charge is 0.135 e. The molecule has 4 nitrogen and oxygen atoms in total. The van der Waals surface area contributed by atoms with Gasteiger partial charge in [0, 0.05) is 17.1 Å². The molecule has 0 amide bonds. The fourth-order valence-electron chi connectivity index (χ4n) is 1.34. The van der Waals surface area contributed by atoms with E-state index < -0.39 is 12.2 Å². The van der Waals surface area contributed by atoms with Crippen molar-refractivity contribution in [3.8, 4) is 5.75 Å². The molecule has 0 aliphatic heterocycles. The van der Waals surface area contributed by atoms with E-state index in [1.54, 1.807) is 7.05 Å². The Balaban J connectivity index is 3.03. The van der Waals surface area contributed by atoms with Gasteiger partial charge in [0.2, 0.25) is 0 Å². The molecule has 2 unspecified atom stereocenters. The summed E-state index contributed by atoms with van der Waals surface area (Å²) in [5.41, 5.74) is 0.196. The van der Waals surface area contributed by atoms with Crippen LogP contribution < -0.4 is 5.32 Å². The lowest BCUT2D eigenvalue weighted by Crippen LogP contribution is -2.29. The molecule has 1 rings (SSSR count). The third-order valence-electron chi connectivity index (χ3n) is 2.15. The van der Waals surface area contributed by atoms with E-state index in [0.29, 0.717) is 9.50 Å². The van der Waals surface area contributed by atoms with Crippen LogP contribution in [0.2, 0.25) is 5.02 Å². The second-order valence-corrected chi connectivity index (χ2v) is 4.69. The Morgan fingerprint density at radius 2 is 2.06 bits per heavy atom. The number of aliphatic hydroxyl groups is 2. The molecule has 2 atom stereocenters. The normalized spacial score (nSPS) is 14.8. The number of nitrogens with one attached hydrogen (secondary N) is 1. The minimum absolute atomic E-state index is 0.118. The van der Waals surface area contributed by atoms with Crippen LogP contribution in [0.4, 0.5) is 0 Å². The van der Waals surface area contributed by atoms with Gasteiger partial charge in [-0.25, -0.2) is 0 Å². The summed E-state index contributed by atoms with van der Waals surface area (Å²) in [5.74, 6) is -0.118. The monoisotopic (exact) mass is 309 g/mol. The molecule has 1 aromatic rings. The minimum Gasteiger partial charge on any atom is -0.506 e. The van der Waals surface area contributed by atoms with Crippen molar-refractivity contribution in [2.45, 2.75) is 12.2 Å². The van der Waals surface area contributed by atoms with E-state index in [9.17, 15) is 15.3 Å². The van der Waals surface area contributed by atoms with Crippen molar-refractivity contribution in [1.82, 2.24) is 5.32 Å². The zero-order valence-corrected chi connectivity index (χ0v) is 11.0. The molecule has 0 fully saturated rings. The molecule has 0 saturated carbocycles. The van der Waals surface area contributed by atoms with Crippen molar-refractivity contribution in [2.75, 3.05) is 13.6 Å². The van der Waals surface area contributed by atoms with Crippen molar-refractivity contribution < 1.29 is 15.3 Å². The number of likely N-dealkylation sites (N-methyl/N-ethyl adjacent to an activating group) is 1. The first kappa shape index (κ1) is 13.7. The van der Waals surface area contributed by atoms with E-state index in [4.69, 9.17) is 11.6 Å². The number of aromatic hydroxyl groups is 1. The molecule has 6 heteroatoms. The number of hydrogen-bond donors (Lipinski definition) is 4. The van der Waals surface area contributed by atoms with Gasteiger partial charge in [-0.2, -0.15) is 0 Å². The SMILES string of the molecule is CNCC(O)C(O)c1cc(Cl)cc(Br)c1O. The molecular weight excluding hydrogens is 297 g/mol. The van der Waals surface area contributed by atoms with Crippen molar-refractivity contribution >= 4 is 27.5 Å². The highest BCUT2D eigenvalue weighted by molar-refractivity contribution is 9.10.